The van der Waals surface area contributed by atoms with Gasteiger partial charge < -0.3 is 14.9 Å². The summed E-state index contributed by atoms with van der Waals surface area (Å²) in [5, 5.41) is 31.4. The monoisotopic (exact) mass is 663 g/mol. The van der Waals surface area contributed by atoms with Crippen LogP contribution in [0.4, 0.5) is 5.69 Å². The van der Waals surface area contributed by atoms with Gasteiger partial charge in [0, 0.05) is 18.6 Å². The van der Waals surface area contributed by atoms with Crippen molar-refractivity contribution in [1.29, 1.82) is 0 Å². The van der Waals surface area contributed by atoms with Crippen LogP contribution >= 0.6 is 0 Å². The fourth-order valence-electron chi connectivity index (χ4n) is 9.16. The number of unbranched alkanes of at least 4 members (excludes halogenated alkanes) is 4. The second-order valence-electron chi connectivity index (χ2n) is 16.2. The summed E-state index contributed by atoms with van der Waals surface area (Å²) >= 11 is 0. The van der Waals surface area contributed by atoms with Crippen molar-refractivity contribution in [3.63, 3.8) is 0 Å². The number of carbonyl (C=O) groups is 1. The van der Waals surface area contributed by atoms with Gasteiger partial charge >= 0.3 is 5.97 Å². The summed E-state index contributed by atoms with van der Waals surface area (Å²) in [7, 11) is 0. The van der Waals surface area contributed by atoms with Crippen molar-refractivity contribution in [3.05, 3.63) is 69.8 Å². The zero-order valence-electron chi connectivity index (χ0n) is 30.1. The number of nitrogens with zero attached hydrogens (tertiary/aromatic N) is 1. The molecular weight excluding hydrogens is 602 g/mol. The zero-order valence-corrected chi connectivity index (χ0v) is 30.1. The molecule has 3 aliphatic rings. The number of fused-ring (bicyclic) bond motifs is 1. The lowest BCUT2D eigenvalue weighted by Crippen LogP contribution is -2.39. The van der Waals surface area contributed by atoms with E-state index >= 15 is 0 Å². The maximum absolute atomic E-state index is 12.2. The normalized spacial score (nSPS) is 28.4. The fraction of sp³-hybridized carbons (Fsp3) is 0.683. The molecule has 0 amide bonds. The van der Waals surface area contributed by atoms with Crippen LogP contribution in [0.15, 0.2) is 59.7 Å². The average molecular weight is 664 g/mol. The van der Waals surface area contributed by atoms with Crippen LogP contribution in [0, 0.1) is 39.2 Å². The second-order valence-corrected chi connectivity index (χ2v) is 16.2. The molecule has 0 bridgehead atoms. The summed E-state index contributed by atoms with van der Waals surface area (Å²) < 4.78 is 5.34. The number of benzene rings is 1. The summed E-state index contributed by atoms with van der Waals surface area (Å²) in [5.41, 5.74) is 3.66. The Hall–Kier alpha value is -2.77. The smallest absolute Gasteiger partial charge is 0.311 e. The van der Waals surface area contributed by atoms with E-state index in [0.29, 0.717) is 42.3 Å². The van der Waals surface area contributed by atoms with Gasteiger partial charge in [-0.1, -0.05) is 88.7 Å². The quantitative estimate of drug-likeness (QED) is 0.0599. The molecule has 0 unspecified atom stereocenters. The lowest BCUT2D eigenvalue weighted by molar-refractivity contribution is -0.384. The molecule has 7 nitrogen and oxygen atoms in total. The van der Waals surface area contributed by atoms with Crippen molar-refractivity contribution in [1.82, 2.24) is 0 Å². The summed E-state index contributed by atoms with van der Waals surface area (Å²) in [5.74, 6) is 2.65. The van der Waals surface area contributed by atoms with Crippen molar-refractivity contribution in [2.75, 3.05) is 0 Å². The molecule has 0 spiro atoms. The number of non-ortho nitro benzene ring substituents is 1. The molecular formula is C41H61NO6. The zero-order chi connectivity index (χ0) is 34.9. The van der Waals surface area contributed by atoms with Crippen LogP contribution in [0.3, 0.4) is 0 Å². The van der Waals surface area contributed by atoms with E-state index in [1.54, 1.807) is 5.57 Å². The molecule has 48 heavy (non-hydrogen) atoms. The Morgan fingerprint density at radius 1 is 1.08 bits per heavy atom. The van der Waals surface area contributed by atoms with Crippen LogP contribution in [0.5, 0.6) is 5.75 Å². The van der Waals surface area contributed by atoms with Gasteiger partial charge in [0.25, 0.3) is 5.69 Å². The third-order valence-electron chi connectivity index (χ3n) is 11.7. The highest BCUT2D eigenvalue weighted by Crippen LogP contribution is 2.61. The Morgan fingerprint density at radius 3 is 2.50 bits per heavy atom. The van der Waals surface area contributed by atoms with E-state index in [2.05, 4.69) is 32.6 Å². The standard InChI is InChI=1S/C41H61NO6/c1-29-15-20-35(43)27-32(29)16-17-33-26-31(28-41(5)37(23-24-38(33)41)30(2)12-11-25-40(3,4)45)13-9-7-6-8-10-14-39(44)48-36-21-18-34(19-22-36)42(46)47/h16-19,21-22,30-31,35,37-38,43,45H,1,6-15,20,23-28H2,2-5H3/b32-16-,33-17+/t30-,31+,35+,37-,38+,41-/m1/s1. The van der Waals surface area contributed by atoms with Gasteiger partial charge in [0.1, 0.15) is 5.75 Å². The first kappa shape index (κ1) is 38.0. The topological polar surface area (TPSA) is 110 Å². The molecule has 7 heteroatoms. The minimum atomic E-state index is -0.601. The Bertz CT molecular complexity index is 1310. The van der Waals surface area contributed by atoms with Gasteiger partial charge in [-0.15, -0.1) is 0 Å². The lowest BCUT2D eigenvalue weighted by Gasteiger charge is -2.47. The fourth-order valence-corrected chi connectivity index (χ4v) is 9.16. The van der Waals surface area contributed by atoms with Crippen LogP contribution in [-0.4, -0.2) is 32.8 Å². The number of allylic oxidation sites excluding steroid dienone is 4. The number of rotatable bonds is 16. The minimum absolute atomic E-state index is 0.0240. The van der Waals surface area contributed by atoms with Crippen molar-refractivity contribution in [2.24, 2.45) is 29.1 Å². The van der Waals surface area contributed by atoms with Gasteiger partial charge in [-0.2, -0.15) is 0 Å². The highest BCUT2D eigenvalue weighted by Gasteiger charge is 2.52. The van der Waals surface area contributed by atoms with E-state index in [9.17, 15) is 25.1 Å². The molecule has 3 fully saturated rings. The maximum Gasteiger partial charge on any atom is 0.311 e. The summed E-state index contributed by atoms with van der Waals surface area (Å²) in [6.07, 6.45) is 21.7. The molecule has 3 saturated carbocycles. The van der Waals surface area contributed by atoms with Gasteiger partial charge in [0.15, 0.2) is 0 Å². The van der Waals surface area contributed by atoms with E-state index in [1.165, 1.54) is 73.9 Å². The van der Waals surface area contributed by atoms with Crippen molar-refractivity contribution >= 4 is 11.7 Å². The van der Waals surface area contributed by atoms with Crippen molar-refractivity contribution in [3.8, 4) is 5.75 Å². The predicted octanol–water partition coefficient (Wildman–Crippen LogP) is 10.2. The van der Waals surface area contributed by atoms with E-state index in [0.717, 1.165) is 57.8 Å². The number of ether oxygens (including phenoxy) is 1. The first-order valence-electron chi connectivity index (χ1n) is 18.7. The molecule has 1 aromatic rings. The number of hydrogen-bond donors (Lipinski definition) is 2. The SMILES string of the molecule is C=C1CC[C@H](O)C/C1=C/C=C1\C[C@H](CCCCCCCC(=O)Oc2ccc([N+](=O)[O-])cc2)C[C@]2(C)[C@@H]([C@H](C)CCCC(C)(C)O)CC[C@@H]12. The van der Waals surface area contributed by atoms with Crippen LogP contribution in [0.1, 0.15) is 137 Å². The third kappa shape index (κ3) is 10.9. The summed E-state index contributed by atoms with van der Waals surface area (Å²) in [6.45, 7) is 13.2. The number of nitro benzene ring substituents is 1. The van der Waals surface area contributed by atoms with Crippen LogP contribution < -0.4 is 4.74 Å². The van der Waals surface area contributed by atoms with E-state index in [1.807, 2.05) is 13.8 Å². The lowest BCUT2D eigenvalue weighted by atomic mass is 9.57. The molecule has 6 atom stereocenters. The molecule has 0 aromatic heterocycles. The van der Waals surface area contributed by atoms with Gasteiger partial charge in [-0.25, -0.2) is 0 Å². The number of aliphatic hydroxyl groups excluding tert-OH is 1. The largest absolute Gasteiger partial charge is 0.427 e. The van der Waals surface area contributed by atoms with E-state index < -0.39 is 10.5 Å². The van der Waals surface area contributed by atoms with E-state index in [4.69, 9.17) is 4.74 Å². The molecule has 0 radical (unpaired) electrons. The Morgan fingerprint density at radius 2 is 1.79 bits per heavy atom. The first-order chi connectivity index (χ1) is 22.7. The maximum atomic E-state index is 12.2. The molecule has 266 valence electrons. The molecule has 0 heterocycles. The molecule has 0 aliphatic heterocycles. The Balaban J connectivity index is 1.30. The predicted molar refractivity (Wildman–Crippen MR) is 193 cm³/mol. The van der Waals surface area contributed by atoms with Crippen LogP contribution in [-0.2, 0) is 4.79 Å². The number of hydrogen-bond acceptors (Lipinski definition) is 6. The average Bonchev–Trinajstić information content (AvgIpc) is 3.37. The minimum Gasteiger partial charge on any atom is -0.427 e. The number of carbonyl (C=O) groups excluding carboxylic acids is 1. The number of aliphatic hydroxyl groups is 2. The highest BCUT2D eigenvalue weighted by atomic mass is 16.6. The van der Waals surface area contributed by atoms with Crippen molar-refractivity contribution < 1.29 is 24.7 Å². The molecule has 3 aliphatic carbocycles. The van der Waals surface area contributed by atoms with Crippen LogP contribution in [0.2, 0.25) is 0 Å². The van der Waals surface area contributed by atoms with E-state index in [-0.39, 0.29) is 23.2 Å². The molecule has 4 rings (SSSR count). The molecule has 2 N–H and O–H groups in total. The molecule has 1 aromatic carbocycles. The highest BCUT2D eigenvalue weighted by molar-refractivity contribution is 5.72. The Kier molecular flexibility index (Phi) is 13.7. The summed E-state index contributed by atoms with van der Waals surface area (Å²) in [6, 6.07) is 5.62. The number of nitro groups is 1. The van der Waals surface area contributed by atoms with Crippen LogP contribution in [0.25, 0.3) is 0 Å². The summed E-state index contributed by atoms with van der Waals surface area (Å²) in [4.78, 5) is 22.6. The second kappa shape index (κ2) is 17.2. The Labute approximate surface area is 289 Å². The number of esters is 1. The van der Waals surface area contributed by atoms with Gasteiger partial charge in [0.05, 0.1) is 16.6 Å². The molecule has 0 saturated heterocycles. The first-order valence-corrected chi connectivity index (χ1v) is 18.7. The van der Waals surface area contributed by atoms with Crippen molar-refractivity contribution in [2.45, 2.75) is 149 Å². The van der Waals surface area contributed by atoms with Gasteiger partial charge in [0.2, 0.25) is 0 Å². The van der Waals surface area contributed by atoms with Gasteiger partial charge in [-0.05, 0) is 118 Å². The van der Waals surface area contributed by atoms with Gasteiger partial charge in [-0.3, -0.25) is 14.9 Å². The third-order valence-corrected chi connectivity index (χ3v) is 11.7.